The Hall–Kier alpha value is -2.95. The minimum Gasteiger partial charge on any atom is -0.495 e. The number of H-pyrrole nitrogens is 1. The molecule has 1 fully saturated rings. The fourth-order valence-corrected chi connectivity index (χ4v) is 4.80. The summed E-state index contributed by atoms with van der Waals surface area (Å²) in [5.74, 6) is -0.234. The van der Waals surface area contributed by atoms with Crippen LogP contribution in [0.15, 0.2) is 47.4 Å². The summed E-state index contributed by atoms with van der Waals surface area (Å²) in [6.45, 7) is 1.21. The van der Waals surface area contributed by atoms with Gasteiger partial charge >= 0.3 is 0 Å². The van der Waals surface area contributed by atoms with Gasteiger partial charge in [0.2, 0.25) is 10.0 Å². The Bertz CT molecular complexity index is 1150. The van der Waals surface area contributed by atoms with Gasteiger partial charge in [-0.25, -0.2) is 8.42 Å². The molecule has 1 amide bonds. The number of carbonyl (C=O) groups is 1. The third-order valence-electron chi connectivity index (χ3n) is 4.69. The SMILES string of the molecule is COc1ccc(NC(=O)c2n[nH]c3ccccc23)cc1S(=O)(=O)N1CCOCC1. The second-order valence-corrected chi connectivity index (χ2v) is 8.36. The number of amides is 1. The molecule has 3 aromatic rings. The Kier molecular flexibility index (Phi) is 5.22. The maximum absolute atomic E-state index is 13.1. The van der Waals surface area contributed by atoms with E-state index >= 15 is 0 Å². The van der Waals surface area contributed by atoms with E-state index in [1.807, 2.05) is 18.2 Å². The summed E-state index contributed by atoms with van der Waals surface area (Å²) in [7, 11) is -2.39. The van der Waals surface area contributed by atoms with Gasteiger partial charge in [0.05, 0.1) is 25.8 Å². The Labute approximate surface area is 167 Å². The van der Waals surface area contributed by atoms with Crippen LogP contribution in [-0.4, -0.2) is 62.2 Å². The van der Waals surface area contributed by atoms with Gasteiger partial charge < -0.3 is 14.8 Å². The van der Waals surface area contributed by atoms with Crippen molar-refractivity contribution >= 4 is 32.5 Å². The molecular formula is C19H20N4O5S. The highest BCUT2D eigenvalue weighted by Gasteiger charge is 2.29. The summed E-state index contributed by atoms with van der Waals surface area (Å²) in [5, 5.41) is 10.3. The van der Waals surface area contributed by atoms with Gasteiger partial charge in [0.15, 0.2) is 5.69 Å². The van der Waals surface area contributed by atoms with Crippen molar-refractivity contribution in [3.05, 3.63) is 48.2 Å². The standard InChI is InChI=1S/C19H20N4O5S/c1-27-16-7-6-13(12-17(16)29(25,26)23-8-10-28-11-9-23)20-19(24)18-14-4-2-3-5-15(14)21-22-18/h2-7,12H,8-11H2,1H3,(H,20,24)(H,21,22). The number of morpholine rings is 1. The van der Waals surface area contributed by atoms with Crippen molar-refractivity contribution in [2.45, 2.75) is 4.90 Å². The van der Waals surface area contributed by atoms with Gasteiger partial charge in [0, 0.05) is 24.2 Å². The number of rotatable bonds is 5. The molecule has 2 N–H and O–H groups in total. The number of para-hydroxylation sites is 1. The molecular weight excluding hydrogens is 396 g/mol. The average Bonchev–Trinajstić information content (AvgIpc) is 3.18. The first-order chi connectivity index (χ1) is 14.0. The van der Waals surface area contributed by atoms with Crippen LogP contribution >= 0.6 is 0 Å². The molecule has 0 bridgehead atoms. The van der Waals surface area contributed by atoms with Crippen molar-refractivity contribution in [2.24, 2.45) is 0 Å². The summed E-state index contributed by atoms with van der Waals surface area (Å²) in [4.78, 5) is 12.7. The molecule has 29 heavy (non-hydrogen) atoms. The van der Waals surface area contributed by atoms with Crippen LogP contribution in [0.5, 0.6) is 5.75 Å². The van der Waals surface area contributed by atoms with Crippen molar-refractivity contribution < 1.29 is 22.7 Å². The second kappa shape index (κ2) is 7.82. The van der Waals surface area contributed by atoms with Crippen molar-refractivity contribution in [2.75, 3.05) is 38.7 Å². The number of aromatic amines is 1. The lowest BCUT2D eigenvalue weighted by atomic mass is 10.2. The zero-order valence-electron chi connectivity index (χ0n) is 15.7. The number of nitrogens with one attached hydrogen (secondary N) is 2. The minimum absolute atomic E-state index is 0.00779. The molecule has 2 aromatic carbocycles. The first-order valence-corrected chi connectivity index (χ1v) is 10.4. The van der Waals surface area contributed by atoms with Gasteiger partial charge in [-0.1, -0.05) is 18.2 Å². The van der Waals surface area contributed by atoms with Gasteiger partial charge in [0.25, 0.3) is 5.91 Å². The summed E-state index contributed by atoms with van der Waals surface area (Å²) < 4.78 is 38.0. The Morgan fingerprint density at radius 3 is 2.72 bits per heavy atom. The van der Waals surface area contributed by atoms with E-state index in [4.69, 9.17) is 9.47 Å². The maximum Gasteiger partial charge on any atom is 0.276 e. The molecule has 0 aliphatic carbocycles. The number of nitrogens with zero attached hydrogens (tertiary/aromatic N) is 2. The highest BCUT2D eigenvalue weighted by atomic mass is 32.2. The predicted molar refractivity (Wildman–Crippen MR) is 107 cm³/mol. The number of anilines is 1. The molecule has 0 spiro atoms. The average molecular weight is 416 g/mol. The van der Waals surface area contributed by atoms with E-state index in [0.29, 0.717) is 24.3 Å². The van der Waals surface area contributed by atoms with Gasteiger partial charge in [-0.15, -0.1) is 0 Å². The second-order valence-electron chi connectivity index (χ2n) is 6.45. The molecule has 2 heterocycles. The van der Waals surface area contributed by atoms with Crippen molar-refractivity contribution in [1.82, 2.24) is 14.5 Å². The van der Waals surface area contributed by atoms with E-state index in [1.54, 1.807) is 12.1 Å². The first-order valence-electron chi connectivity index (χ1n) is 9.01. The number of ether oxygens (including phenoxy) is 2. The largest absolute Gasteiger partial charge is 0.495 e. The molecule has 1 aromatic heterocycles. The molecule has 1 aliphatic rings. The lowest BCUT2D eigenvalue weighted by Gasteiger charge is -2.26. The number of hydrogen-bond acceptors (Lipinski definition) is 6. The van der Waals surface area contributed by atoms with Crippen molar-refractivity contribution in [3.63, 3.8) is 0 Å². The number of fused-ring (bicyclic) bond motifs is 1. The summed E-state index contributed by atoms with van der Waals surface area (Å²) in [6.07, 6.45) is 0. The molecule has 1 saturated heterocycles. The molecule has 0 unspecified atom stereocenters. The van der Waals surface area contributed by atoms with Gasteiger partial charge in [-0.05, 0) is 24.3 Å². The Morgan fingerprint density at radius 1 is 1.21 bits per heavy atom. The van der Waals surface area contributed by atoms with Crippen LogP contribution in [0.3, 0.4) is 0 Å². The monoisotopic (exact) mass is 416 g/mol. The van der Waals surface area contributed by atoms with Gasteiger partial charge in [-0.3, -0.25) is 9.89 Å². The number of benzene rings is 2. The van der Waals surface area contributed by atoms with E-state index < -0.39 is 15.9 Å². The van der Waals surface area contributed by atoms with E-state index in [2.05, 4.69) is 15.5 Å². The number of hydrogen-bond donors (Lipinski definition) is 2. The highest BCUT2D eigenvalue weighted by molar-refractivity contribution is 7.89. The van der Waals surface area contributed by atoms with Crippen LogP contribution in [0, 0.1) is 0 Å². The summed E-state index contributed by atoms with van der Waals surface area (Å²) in [5.41, 5.74) is 1.30. The van der Waals surface area contributed by atoms with Gasteiger partial charge in [-0.2, -0.15) is 9.40 Å². The summed E-state index contributed by atoms with van der Waals surface area (Å²) in [6, 6.07) is 11.8. The third-order valence-corrected chi connectivity index (χ3v) is 6.61. The fraction of sp³-hybridized carbons (Fsp3) is 0.263. The number of aromatic nitrogens is 2. The number of carbonyl (C=O) groups excluding carboxylic acids is 1. The van der Waals surface area contributed by atoms with Crippen LogP contribution in [-0.2, 0) is 14.8 Å². The molecule has 0 atom stereocenters. The highest BCUT2D eigenvalue weighted by Crippen LogP contribution is 2.30. The normalized spacial score (nSPS) is 15.3. The van der Waals surface area contributed by atoms with Gasteiger partial charge in [0.1, 0.15) is 10.6 Å². The molecule has 4 rings (SSSR count). The van der Waals surface area contributed by atoms with Crippen LogP contribution in [0.4, 0.5) is 5.69 Å². The quantitative estimate of drug-likeness (QED) is 0.656. The van der Waals surface area contributed by atoms with Crippen LogP contribution in [0.1, 0.15) is 10.5 Å². The topological polar surface area (TPSA) is 114 Å². The van der Waals surface area contributed by atoms with Crippen LogP contribution < -0.4 is 10.1 Å². The third kappa shape index (κ3) is 3.69. The Morgan fingerprint density at radius 2 is 1.97 bits per heavy atom. The molecule has 9 nitrogen and oxygen atoms in total. The smallest absolute Gasteiger partial charge is 0.276 e. The van der Waals surface area contributed by atoms with E-state index in [-0.39, 0.29) is 29.4 Å². The predicted octanol–water partition coefficient (Wildman–Crippen LogP) is 1.84. The molecule has 0 saturated carbocycles. The van der Waals surface area contributed by atoms with E-state index in [0.717, 1.165) is 5.52 Å². The number of methoxy groups -OCH3 is 1. The number of sulfonamides is 1. The molecule has 10 heteroatoms. The zero-order valence-corrected chi connectivity index (χ0v) is 16.5. The maximum atomic E-state index is 13.1. The molecule has 1 aliphatic heterocycles. The Balaban J connectivity index is 1.65. The fourth-order valence-electron chi connectivity index (χ4n) is 3.21. The molecule has 0 radical (unpaired) electrons. The zero-order chi connectivity index (χ0) is 20.4. The van der Waals surface area contributed by atoms with Crippen molar-refractivity contribution in [3.8, 4) is 5.75 Å². The van der Waals surface area contributed by atoms with E-state index in [1.165, 1.54) is 23.5 Å². The van der Waals surface area contributed by atoms with Crippen molar-refractivity contribution in [1.29, 1.82) is 0 Å². The first kappa shape index (κ1) is 19.4. The lowest BCUT2D eigenvalue weighted by Crippen LogP contribution is -2.40. The van der Waals surface area contributed by atoms with Crippen LogP contribution in [0.25, 0.3) is 10.9 Å². The van der Waals surface area contributed by atoms with Crippen LogP contribution in [0.2, 0.25) is 0 Å². The van der Waals surface area contributed by atoms with E-state index in [9.17, 15) is 13.2 Å². The molecule has 152 valence electrons. The lowest BCUT2D eigenvalue weighted by molar-refractivity contribution is 0.0729. The summed E-state index contributed by atoms with van der Waals surface area (Å²) >= 11 is 0. The minimum atomic E-state index is -3.80.